The smallest absolute Gasteiger partial charge is 0.258 e. The zero-order valence-corrected chi connectivity index (χ0v) is 14.5. The van der Waals surface area contributed by atoms with Crippen molar-refractivity contribution in [1.82, 2.24) is 9.97 Å². The number of carbonyl (C=O) groups is 2. The molecule has 1 heterocycles. The molecule has 0 spiro atoms. The number of benzene rings is 2. The summed E-state index contributed by atoms with van der Waals surface area (Å²) in [6, 6.07) is 14.5. The second-order valence-corrected chi connectivity index (χ2v) is 5.82. The number of para-hydroxylation sites is 1. The van der Waals surface area contributed by atoms with Gasteiger partial charge in [0.2, 0.25) is 5.95 Å². The molecule has 6 nitrogen and oxygen atoms in total. The van der Waals surface area contributed by atoms with Gasteiger partial charge in [-0.3, -0.25) is 9.59 Å². The molecule has 0 aliphatic rings. The van der Waals surface area contributed by atoms with Crippen LogP contribution in [-0.4, -0.2) is 21.7 Å². The Kier molecular flexibility index (Phi) is 5.03. The monoisotopic (exact) mass is 346 g/mol. The molecule has 1 aromatic heterocycles. The number of rotatable bonds is 5. The lowest BCUT2D eigenvalue weighted by Crippen LogP contribution is -2.13. The largest absolute Gasteiger partial charge is 0.324 e. The fourth-order valence-corrected chi connectivity index (χ4v) is 2.33. The number of anilines is 3. The van der Waals surface area contributed by atoms with E-state index in [4.69, 9.17) is 0 Å². The summed E-state index contributed by atoms with van der Waals surface area (Å²) < 4.78 is 0. The van der Waals surface area contributed by atoms with Gasteiger partial charge in [0.15, 0.2) is 5.78 Å². The molecular weight excluding hydrogens is 328 g/mol. The summed E-state index contributed by atoms with van der Waals surface area (Å²) in [5.74, 6) is 0.0812. The average molecular weight is 346 g/mol. The fraction of sp³-hybridized carbons (Fsp3) is 0.100. The molecule has 0 fully saturated rings. The zero-order valence-electron chi connectivity index (χ0n) is 14.5. The first kappa shape index (κ1) is 17.3. The van der Waals surface area contributed by atoms with Crippen LogP contribution in [0.2, 0.25) is 0 Å². The first-order valence-electron chi connectivity index (χ1n) is 8.10. The Morgan fingerprint density at radius 2 is 1.54 bits per heavy atom. The molecule has 0 saturated carbocycles. The minimum absolute atomic E-state index is 0.0204. The molecule has 0 aliphatic heterocycles. The standard InChI is InChI=1S/C20H18N4O2/c1-13-5-3-4-6-18(13)24-20-21-11-16(12-22-20)19(26)23-17-9-7-15(8-10-17)14(2)25/h3-12H,1-2H3,(H,23,26)(H,21,22,24). The molecule has 0 aliphatic carbocycles. The highest BCUT2D eigenvalue weighted by molar-refractivity contribution is 6.04. The maximum atomic E-state index is 12.3. The Labute approximate surface area is 151 Å². The van der Waals surface area contributed by atoms with Crippen LogP contribution < -0.4 is 10.6 Å². The van der Waals surface area contributed by atoms with Gasteiger partial charge in [-0.25, -0.2) is 9.97 Å². The second kappa shape index (κ2) is 7.57. The SMILES string of the molecule is CC(=O)c1ccc(NC(=O)c2cnc(Nc3ccccc3C)nc2)cc1. The quantitative estimate of drug-likeness (QED) is 0.683. The number of aryl methyl sites for hydroxylation is 1. The molecular formula is C20H18N4O2. The Morgan fingerprint density at radius 1 is 0.885 bits per heavy atom. The van der Waals surface area contributed by atoms with Gasteiger partial charge < -0.3 is 10.6 Å². The highest BCUT2D eigenvalue weighted by Crippen LogP contribution is 2.17. The molecule has 1 amide bonds. The molecule has 0 saturated heterocycles. The zero-order chi connectivity index (χ0) is 18.5. The summed E-state index contributed by atoms with van der Waals surface area (Å²) in [5.41, 5.74) is 3.53. The molecule has 26 heavy (non-hydrogen) atoms. The van der Waals surface area contributed by atoms with Crippen LogP contribution in [0, 0.1) is 6.92 Å². The van der Waals surface area contributed by atoms with Crippen LogP contribution in [0.1, 0.15) is 33.2 Å². The van der Waals surface area contributed by atoms with Gasteiger partial charge >= 0.3 is 0 Å². The van der Waals surface area contributed by atoms with Crippen molar-refractivity contribution in [2.45, 2.75) is 13.8 Å². The van der Waals surface area contributed by atoms with Crippen LogP contribution in [0.25, 0.3) is 0 Å². The lowest BCUT2D eigenvalue weighted by atomic mass is 10.1. The molecule has 3 aromatic rings. The van der Waals surface area contributed by atoms with Gasteiger partial charge in [-0.1, -0.05) is 18.2 Å². The lowest BCUT2D eigenvalue weighted by molar-refractivity contribution is 0.101. The summed E-state index contributed by atoms with van der Waals surface area (Å²) in [5, 5.41) is 5.87. The number of aromatic nitrogens is 2. The van der Waals surface area contributed by atoms with Crippen molar-refractivity contribution in [3.63, 3.8) is 0 Å². The lowest BCUT2D eigenvalue weighted by Gasteiger charge is -2.08. The van der Waals surface area contributed by atoms with E-state index in [0.717, 1.165) is 11.3 Å². The van der Waals surface area contributed by atoms with Crippen molar-refractivity contribution in [1.29, 1.82) is 0 Å². The summed E-state index contributed by atoms with van der Waals surface area (Å²) in [7, 11) is 0. The van der Waals surface area contributed by atoms with E-state index in [9.17, 15) is 9.59 Å². The number of nitrogens with zero attached hydrogens (tertiary/aromatic N) is 2. The predicted octanol–water partition coefficient (Wildman–Crippen LogP) is 3.98. The minimum atomic E-state index is -0.317. The van der Waals surface area contributed by atoms with Crippen LogP contribution >= 0.6 is 0 Å². The van der Waals surface area contributed by atoms with Crippen LogP contribution in [0.5, 0.6) is 0 Å². The first-order valence-corrected chi connectivity index (χ1v) is 8.10. The Hall–Kier alpha value is -3.54. The topological polar surface area (TPSA) is 84.0 Å². The van der Waals surface area contributed by atoms with E-state index in [1.165, 1.54) is 19.3 Å². The summed E-state index contributed by atoms with van der Waals surface area (Å²) >= 11 is 0. The van der Waals surface area contributed by atoms with Crippen LogP contribution in [0.3, 0.4) is 0 Å². The molecule has 0 unspecified atom stereocenters. The molecule has 130 valence electrons. The van der Waals surface area contributed by atoms with E-state index < -0.39 is 0 Å². The summed E-state index contributed by atoms with van der Waals surface area (Å²) in [4.78, 5) is 31.9. The fourth-order valence-electron chi connectivity index (χ4n) is 2.33. The maximum absolute atomic E-state index is 12.3. The maximum Gasteiger partial charge on any atom is 0.258 e. The number of ketones is 1. The molecule has 2 N–H and O–H groups in total. The molecule has 0 bridgehead atoms. The number of hydrogen-bond donors (Lipinski definition) is 2. The number of Topliss-reactive ketones (excluding diaryl/α,β-unsaturated/α-hetero) is 1. The van der Waals surface area contributed by atoms with E-state index in [-0.39, 0.29) is 11.7 Å². The third-order valence-electron chi connectivity index (χ3n) is 3.85. The normalized spacial score (nSPS) is 10.2. The minimum Gasteiger partial charge on any atom is -0.324 e. The number of hydrogen-bond acceptors (Lipinski definition) is 5. The predicted molar refractivity (Wildman–Crippen MR) is 101 cm³/mol. The van der Waals surface area contributed by atoms with Gasteiger partial charge in [0.25, 0.3) is 5.91 Å². The van der Waals surface area contributed by atoms with Crippen molar-refractivity contribution in [3.05, 3.63) is 77.6 Å². The summed E-state index contributed by atoms with van der Waals surface area (Å²) in [6.45, 7) is 3.49. The van der Waals surface area contributed by atoms with E-state index in [0.29, 0.717) is 22.8 Å². The molecule has 3 rings (SSSR count). The van der Waals surface area contributed by atoms with Crippen molar-refractivity contribution in [3.8, 4) is 0 Å². The van der Waals surface area contributed by atoms with Crippen LogP contribution in [0.15, 0.2) is 60.9 Å². The highest BCUT2D eigenvalue weighted by Gasteiger charge is 2.09. The summed E-state index contributed by atoms with van der Waals surface area (Å²) in [6.07, 6.45) is 2.93. The van der Waals surface area contributed by atoms with Crippen molar-refractivity contribution in [2.75, 3.05) is 10.6 Å². The van der Waals surface area contributed by atoms with E-state index in [2.05, 4.69) is 20.6 Å². The van der Waals surface area contributed by atoms with E-state index >= 15 is 0 Å². The van der Waals surface area contributed by atoms with Gasteiger partial charge in [0.1, 0.15) is 0 Å². The third kappa shape index (κ3) is 4.10. The number of amides is 1. The number of carbonyl (C=O) groups excluding carboxylic acids is 2. The van der Waals surface area contributed by atoms with Gasteiger partial charge in [-0.05, 0) is 49.7 Å². The Bertz CT molecular complexity index is 935. The van der Waals surface area contributed by atoms with Crippen molar-refractivity contribution < 1.29 is 9.59 Å². The molecule has 6 heteroatoms. The van der Waals surface area contributed by atoms with Crippen LogP contribution in [-0.2, 0) is 0 Å². The van der Waals surface area contributed by atoms with E-state index in [1.807, 2.05) is 31.2 Å². The van der Waals surface area contributed by atoms with Gasteiger partial charge in [-0.2, -0.15) is 0 Å². The Morgan fingerprint density at radius 3 is 2.15 bits per heavy atom. The number of nitrogens with one attached hydrogen (secondary N) is 2. The van der Waals surface area contributed by atoms with Gasteiger partial charge in [0.05, 0.1) is 5.56 Å². The third-order valence-corrected chi connectivity index (χ3v) is 3.85. The molecule has 2 aromatic carbocycles. The van der Waals surface area contributed by atoms with Crippen molar-refractivity contribution in [2.24, 2.45) is 0 Å². The average Bonchev–Trinajstić information content (AvgIpc) is 2.64. The van der Waals surface area contributed by atoms with E-state index in [1.54, 1.807) is 24.3 Å². The van der Waals surface area contributed by atoms with Crippen LogP contribution in [0.4, 0.5) is 17.3 Å². The molecule has 0 radical (unpaired) electrons. The highest BCUT2D eigenvalue weighted by atomic mass is 16.1. The first-order chi connectivity index (χ1) is 12.5. The van der Waals surface area contributed by atoms with Gasteiger partial charge in [-0.15, -0.1) is 0 Å². The molecule has 0 atom stereocenters. The Balaban J connectivity index is 1.67. The van der Waals surface area contributed by atoms with Gasteiger partial charge in [0, 0.05) is 29.3 Å². The van der Waals surface area contributed by atoms with Crippen molar-refractivity contribution >= 4 is 29.0 Å². The second-order valence-electron chi connectivity index (χ2n) is 5.82.